The van der Waals surface area contributed by atoms with E-state index in [1.54, 1.807) is 11.6 Å². The Kier molecular flexibility index (Phi) is 4.11. The summed E-state index contributed by atoms with van der Waals surface area (Å²) in [6.45, 7) is 5.46. The van der Waals surface area contributed by atoms with Gasteiger partial charge >= 0.3 is 6.09 Å². The summed E-state index contributed by atoms with van der Waals surface area (Å²) in [4.78, 5) is 36.6. The Balaban J connectivity index is 2.19. The van der Waals surface area contributed by atoms with E-state index in [9.17, 15) is 14.4 Å². The minimum atomic E-state index is -1.10. The van der Waals surface area contributed by atoms with Crippen molar-refractivity contribution in [2.24, 2.45) is 5.92 Å². The molecule has 0 radical (unpaired) electrons. The summed E-state index contributed by atoms with van der Waals surface area (Å²) < 4.78 is 1.59. The van der Waals surface area contributed by atoms with Gasteiger partial charge in [0.15, 0.2) is 5.78 Å². The molecule has 0 aromatic carbocycles. The molecule has 7 nitrogen and oxygen atoms in total. The van der Waals surface area contributed by atoms with Crippen molar-refractivity contribution in [2.45, 2.75) is 33.2 Å². The number of piperidine rings is 1. The summed E-state index contributed by atoms with van der Waals surface area (Å²) >= 11 is 0. The van der Waals surface area contributed by atoms with Gasteiger partial charge in [-0.3, -0.25) is 14.3 Å². The van der Waals surface area contributed by atoms with E-state index in [0.717, 1.165) is 16.3 Å². The lowest BCUT2D eigenvalue weighted by molar-refractivity contribution is -0.137. The van der Waals surface area contributed by atoms with Crippen LogP contribution in [0.25, 0.3) is 0 Å². The fourth-order valence-corrected chi connectivity index (χ4v) is 2.71. The van der Waals surface area contributed by atoms with Gasteiger partial charge in [-0.05, 0) is 26.8 Å². The van der Waals surface area contributed by atoms with Crippen LogP contribution in [-0.2, 0) is 9.59 Å². The molecule has 2 atom stereocenters. The molecule has 0 spiro atoms. The molecule has 1 aliphatic rings. The van der Waals surface area contributed by atoms with E-state index in [2.05, 4.69) is 5.10 Å². The van der Waals surface area contributed by atoms with Crippen LogP contribution in [0.4, 0.5) is 4.79 Å². The maximum absolute atomic E-state index is 12.5. The van der Waals surface area contributed by atoms with Gasteiger partial charge in [-0.25, -0.2) is 4.79 Å². The zero-order valence-electron chi connectivity index (χ0n) is 12.4. The van der Waals surface area contributed by atoms with Gasteiger partial charge in [-0.15, -0.1) is 0 Å². The second kappa shape index (κ2) is 5.67. The number of amides is 1. The standard InChI is InChI=1S/C14H19N3O4/c1-8-6-9(2)17(15-8)10(3)13(19)11-7-16(14(20)21)5-4-12(11)18/h6,10-11H,4-5,7H2,1-3H3,(H,20,21). The molecule has 21 heavy (non-hydrogen) atoms. The molecule has 1 saturated heterocycles. The Hall–Kier alpha value is -2.18. The number of hydrogen-bond acceptors (Lipinski definition) is 4. The summed E-state index contributed by atoms with van der Waals surface area (Å²) in [5.41, 5.74) is 1.64. The first-order valence-corrected chi connectivity index (χ1v) is 6.88. The fourth-order valence-electron chi connectivity index (χ4n) is 2.71. The molecular weight excluding hydrogens is 274 g/mol. The normalized spacial score (nSPS) is 20.4. The maximum atomic E-state index is 12.5. The number of carbonyl (C=O) groups excluding carboxylic acids is 2. The van der Waals surface area contributed by atoms with Gasteiger partial charge in [0, 0.05) is 25.2 Å². The molecule has 1 N–H and O–H groups in total. The fraction of sp³-hybridized carbons (Fsp3) is 0.571. The molecule has 2 rings (SSSR count). The van der Waals surface area contributed by atoms with Gasteiger partial charge in [0.1, 0.15) is 11.8 Å². The zero-order valence-corrected chi connectivity index (χ0v) is 12.4. The summed E-state index contributed by atoms with van der Waals surface area (Å²) in [5, 5.41) is 13.3. The van der Waals surface area contributed by atoms with Crippen molar-refractivity contribution in [2.75, 3.05) is 13.1 Å². The predicted octanol–water partition coefficient (Wildman–Crippen LogP) is 1.20. The van der Waals surface area contributed by atoms with Gasteiger partial charge in [0.2, 0.25) is 0 Å². The minimum Gasteiger partial charge on any atom is -0.465 e. The predicted molar refractivity (Wildman–Crippen MR) is 74.1 cm³/mol. The SMILES string of the molecule is Cc1cc(C)n(C(C)C(=O)C2CN(C(=O)O)CCC2=O)n1. The Morgan fingerprint density at radius 1 is 1.43 bits per heavy atom. The first-order valence-electron chi connectivity index (χ1n) is 6.88. The third-order valence-corrected chi connectivity index (χ3v) is 3.86. The first kappa shape index (κ1) is 15.2. The van der Waals surface area contributed by atoms with E-state index < -0.39 is 18.1 Å². The maximum Gasteiger partial charge on any atom is 0.407 e. The van der Waals surface area contributed by atoms with Crippen molar-refractivity contribution in [3.63, 3.8) is 0 Å². The van der Waals surface area contributed by atoms with Gasteiger partial charge in [0.05, 0.1) is 11.6 Å². The molecule has 2 unspecified atom stereocenters. The molecule has 1 aliphatic heterocycles. The average molecular weight is 293 g/mol. The van der Waals surface area contributed by atoms with Crippen molar-refractivity contribution < 1.29 is 19.5 Å². The monoisotopic (exact) mass is 293 g/mol. The molecular formula is C14H19N3O4. The third kappa shape index (κ3) is 2.96. The van der Waals surface area contributed by atoms with Gasteiger partial charge < -0.3 is 10.0 Å². The zero-order chi connectivity index (χ0) is 15.7. The van der Waals surface area contributed by atoms with Crippen LogP contribution in [0.3, 0.4) is 0 Å². The molecule has 1 fully saturated rings. The number of Topliss-reactive ketones (excluding diaryl/α,β-unsaturated/α-hetero) is 2. The highest BCUT2D eigenvalue weighted by molar-refractivity contribution is 6.05. The molecule has 7 heteroatoms. The molecule has 0 saturated carbocycles. The Bertz CT molecular complexity index is 593. The Morgan fingerprint density at radius 2 is 2.10 bits per heavy atom. The second-order valence-electron chi connectivity index (χ2n) is 5.45. The lowest BCUT2D eigenvalue weighted by atomic mass is 9.89. The van der Waals surface area contributed by atoms with E-state index in [0.29, 0.717) is 0 Å². The highest BCUT2D eigenvalue weighted by Gasteiger charge is 2.37. The average Bonchev–Trinajstić information content (AvgIpc) is 2.76. The summed E-state index contributed by atoms with van der Waals surface area (Å²) in [7, 11) is 0. The summed E-state index contributed by atoms with van der Waals surface area (Å²) in [6, 6.07) is 1.28. The smallest absolute Gasteiger partial charge is 0.407 e. The number of carbonyl (C=O) groups is 3. The number of nitrogens with zero attached hydrogens (tertiary/aromatic N) is 3. The number of aromatic nitrogens is 2. The number of hydrogen-bond donors (Lipinski definition) is 1. The lowest BCUT2D eigenvalue weighted by Crippen LogP contribution is -2.47. The molecule has 0 bridgehead atoms. The molecule has 1 aromatic rings. The molecule has 1 amide bonds. The van der Waals surface area contributed by atoms with E-state index >= 15 is 0 Å². The summed E-state index contributed by atoms with van der Waals surface area (Å²) in [6.07, 6.45) is -1.01. The van der Waals surface area contributed by atoms with Gasteiger partial charge in [-0.2, -0.15) is 5.10 Å². The van der Waals surface area contributed by atoms with Gasteiger partial charge in [-0.1, -0.05) is 0 Å². The highest BCUT2D eigenvalue weighted by Crippen LogP contribution is 2.21. The Labute approximate surface area is 122 Å². The van der Waals surface area contributed by atoms with Crippen molar-refractivity contribution in [3.8, 4) is 0 Å². The van der Waals surface area contributed by atoms with E-state index in [-0.39, 0.29) is 31.1 Å². The number of carboxylic acid groups (broad SMARTS) is 1. The highest BCUT2D eigenvalue weighted by atomic mass is 16.4. The van der Waals surface area contributed by atoms with Gasteiger partial charge in [0.25, 0.3) is 0 Å². The molecule has 114 valence electrons. The van der Waals surface area contributed by atoms with Crippen molar-refractivity contribution in [1.82, 2.24) is 14.7 Å². The van der Waals surface area contributed by atoms with E-state index in [4.69, 9.17) is 5.11 Å². The quantitative estimate of drug-likeness (QED) is 0.845. The minimum absolute atomic E-state index is 0.0589. The number of likely N-dealkylation sites (tertiary alicyclic amines) is 1. The van der Waals surface area contributed by atoms with Crippen molar-refractivity contribution in [1.29, 1.82) is 0 Å². The molecule has 2 heterocycles. The van der Waals surface area contributed by atoms with Crippen LogP contribution < -0.4 is 0 Å². The largest absolute Gasteiger partial charge is 0.465 e. The van der Waals surface area contributed by atoms with Crippen LogP contribution in [0, 0.1) is 19.8 Å². The van der Waals surface area contributed by atoms with Crippen molar-refractivity contribution >= 4 is 17.7 Å². The van der Waals surface area contributed by atoms with Crippen LogP contribution >= 0.6 is 0 Å². The third-order valence-electron chi connectivity index (χ3n) is 3.86. The lowest BCUT2D eigenvalue weighted by Gasteiger charge is -2.30. The second-order valence-corrected chi connectivity index (χ2v) is 5.45. The number of ketones is 2. The molecule has 0 aliphatic carbocycles. The van der Waals surface area contributed by atoms with Crippen molar-refractivity contribution in [3.05, 3.63) is 17.5 Å². The number of rotatable bonds is 3. The van der Waals surface area contributed by atoms with Crippen LogP contribution in [-0.4, -0.2) is 50.5 Å². The topological polar surface area (TPSA) is 92.5 Å². The molecule has 1 aromatic heterocycles. The van der Waals surface area contributed by atoms with Crippen LogP contribution in [0.2, 0.25) is 0 Å². The van der Waals surface area contributed by atoms with Crippen LogP contribution in [0.1, 0.15) is 30.8 Å². The van der Waals surface area contributed by atoms with Crippen LogP contribution in [0.5, 0.6) is 0 Å². The first-order chi connectivity index (χ1) is 9.81. The van der Waals surface area contributed by atoms with E-state index in [1.807, 2.05) is 19.9 Å². The van der Waals surface area contributed by atoms with E-state index in [1.165, 1.54) is 0 Å². The summed E-state index contributed by atoms with van der Waals surface area (Å²) in [5.74, 6) is -1.36. The number of aryl methyl sites for hydroxylation is 2. The Morgan fingerprint density at radius 3 is 2.62 bits per heavy atom. The van der Waals surface area contributed by atoms with Crippen LogP contribution in [0.15, 0.2) is 6.07 Å².